The van der Waals surface area contributed by atoms with Crippen molar-refractivity contribution < 1.29 is 10.0 Å². The van der Waals surface area contributed by atoms with E-state index < -0.39 is 10.5 Å². The smallest absolute Gasteiger partial charge is 0.281 e. The average Bonchev–Trinajstić information content (AvgIpc) is 2.69. The van der Waals surface area contributed by atoms with Crippen molar-refractivity contribution in [1.29, 1.82) is 5.26 Å². The number of hydrogen-bond acceptors (Lipinski definition) is 7. The van der Waals surface area contributed by atoms with Crippen molar-refractivity contribution in [3.8, 4) is 11.9 Å². The van der Waals surface area contributed by atoms with Gasteiger partial charge in [0.2, 0.25) is 5.88 Å². The Hall–Kier alpha value is -3.54. The summed E-state index contributed by atoms with van der Waals surface area (Å²) < 4.78 is 1.26. The molecule has 3 rings (SSSR count). The molecular weight excluding hydrogens is 362 g/mol. The zero-order valence-electron chi connectivity index (χ0n) is 15.3. The molecule has 1 heterocycles. The zero-order chi connectivity index (χ0) is 20.3. The quantitative estimate of drug-likeness (QED) is 0.470. The van der Waals surface area contributed by atoms with E-state index in [9.17, 15) is 25.3 Å². The first-order valence-electron chi connectivity index (χ1n) is 8.98. The second-order valence-corrected chi connectivity index (χ2v) is 6.72. The van der Waals surface area contributed by atoms with Crippen molar-refractivity contribution in [3.05, 3.63) is 55.9 Å². The van der Waals surface area contributed by atoms with E-state index in [4.69, 9.17) is 0 Å². The molecule has 1 saturated carbocycles. The largest absolute Gasteiger partial charge is 0.493 e. The number of nitrogens with zero attached hydrogens (tertiary/aromatic N) is 5. The van der Waals surface area contributed by atoms with Gasteiger partial charge in [-0.25, -0.2) is 0 Å². The summed E-state index contributed by atoms with van der Waals surface area (Å²) in [6, 6.07) is 7.18. The lowest BCUT2D eigenvalue weighted by Gasteiger charge is -2.25. The molecule has 0 spiro atoms. The molecule has 2 aromatic rings. The maximum Gasteiger partial charge on any atom is 0.281 e. The first-order chi connectivity index (χ1) is 13.4. The number of benzene rings is 1. The number of aromatic nitrogens is 1. The number of hydrogen-bond donors (Lipinski definition) is 1. The Labute approximate surface area is 160 Å². The number of rotatable bonds is 4. The Bertz CT molecular complexity index is 1030. The maximum atomic E-state index is 13.0. The summed E-state index contributed by atoms with van der Waals surface area (Å²) in [6.07, 6.45) is 4.48. The minimum Gasteiger partial charge on any atom is -0.493 e. The first-order valence-corrected chi connectivity index (χ1v) is 8.98. The molecule has 0 radical (unpaired) electrons. The molecule has 28 heavy (non-hydrogen) atoms. The van der Waals surface area contributed by atoms with Crippen molar-refractivity contribution in [2.24, 2.45) is 10.2 Å². The highest BCUT2D eigenvalue weighted by atomic mass is 16.6. The van der Waals surface area contributed by atoms with Crippen LogP contribution in [-0.4, -0.2) is 14.6 Å². The summed E-state index contributed by atoms with van der Waals surface area (Å²) in [4.78, 5) is 23.2. The van der Waals surface area contributed by atoms with Crippen molar-refractivity contribution in [3.63, 3.8) is 0 Å². The zero-order valence-corrected chi connectivity index (χ0v) is 15.3. The Balaban J connectivity index is 2.06. The van der Waals surface area contributed by atoms with Crippen molar-refractivity contribution in [1.82, 2.24) is 4.57 Å². The number of nitriles is 1. The van der Waals surface area contributed by atoms with Gasteiger partial charge in [0.1, 0.15) is 11.6 Å². The van der Waals surface area contributed by atoms with E-state index in [1.54, 1.807) is 0 Å². The van der Waals surface area contributed by atoms with Crippen LogP contribution >= 0.6 is 0 Å². The molecule has 0 unspecified atom stereocenters. The van der Waals surface area contributed by atoms with E-state index in [0.717, 1.165) is 32.1 Å². The molecule has 0 atom stereocenters. The summed E-state index contributed by atoms with van der Waals surface area (Å²) in [6.45, 7) is 1.54. The fourth-order valence-corrected chi connectivity index (χ4v) is 3.46. The van der Waals surface area contributed by atoms with E-state index >= 15 is 0 Å². The molecule has 0 saturated heterocycles. The van der Waals surface area contributed by atoms with Gasteiger partial charge >= 0.3 is 0 Å². The van der Waals surface area contributed by atoms with Gasteiger partial charge in [0, 0.05) is 23.7 Å². The van der Waals surface area contributed by atoms with E-state index in [2.05, 4.69) is 10.2 Å². The molecule has 0 aliphatic heterocycles. The topological polar surface area (TPSA) is 134 Å². The van der Waals surface area contributed by atoms with Crippen LogP contribution in [0, 0.1) is 28.4 Å². The van der Waals surface area contributed by atoms with E-state index in [0.29, 0.717) is 5.69 Å². The van der Waals surface area contributed by atoms with Crippen molar-refractivity contribution in [2.75, 3.05) is 0 Å². The van der Waals surface area contributed by atoms with Gasteiger partial charge in [0.15, 0.2) is 5.69 Å². The van der Waals surface area contributed by atoms with Gasteiger partial charge in [-0.15, -0.1) is 5.11 Å². The third kappa shape index (κ3) is 3.62. The van der Waals surface area contributed by atoms with Crippen LogP contribution in [0.5, 0.6) is 5.88 Å². The number of nitro groups is 1. The van der Waals surface area contributed by atoms with Gasteiger partial charge in [-0.05, 0) is 31.9 Å². The van der Waals surface area contributed by atoms with Gasteiger partial charge < -0.3 is 5.11 Å². The lowest BCUT2D eigenvalue weighted by atomic mass is 9.94. The van der Waals surface area contributed by atoms with Crippen LogP contribution in [0.3, 0.4) is 0 Å². The minimum atomic E-state index is -0.521. The van der Waals surface area contributed by atoms with Crippen LogP contribution < -0.4 is 5.56 Å². The molecule has 1 aliphatic rings. The van der Waals surface area contributed by atoms with Gasteiger partial charge in [-0.2, -0.15) is 10.4 Å². The number of nitro benzene ring substituents is 1. The van der Waals surface area contributed by atoms with Gasteiger partial charge in [-0.1, -0.05) is 19.3 Å². The molecule has 1 N–H and O–H groups in total. The minimum absolute atomic E-state index is 0.00261. The third-order valence-electron chi connectivity index (χ3n) is 4.98. The number of non-ortho nitro benzene ring substituents is 1. The molecule has 1 aliphatic carbocycles. The summed E-state index contributed by atoms with van der Waals surface area (Å²) in [5.74, 6) is -0.328. The SMILES string of the molecule is Cc1c(C#N)c(O)n(C2CCCCC2)c(=O)c1N=Nc1ccc([N+](=O)[O-])cc1. The van der Waals surface area contributed by atoms with Crippen LogP contribution in [-0.2, 0) is 0 Å². The van der Waals surface area contributed by atoms with Crippen molar-refractivity contribution in [2.45, 2.75) is 45.1 Å². The molecule has 0 amide bonds. The predicted molar refractivity (Wildman–Crippen MR) is 101 cm³/mol. The third-order valence-corrected chi connectivity index (χ3v) is 4.98. The van der Waals surface area contributed by atoms with Crippen LogP contribution in [0.15, 0.2) is 39.3 Å². The summed E-state index contributed by atoms with van der Waals surface area (Å²) in [7, 11) is 0. The molecule has 1 aromatic carbocycles. The summed E-state index contributed by atoms with van der Waals surface area (Å²) in [5.41, 5.74) is 0.00164. The molecule has 1 fully saturated rings. The Morgan fingerprint density at radius 1 is 1.21 bits per heavy atom. The van der Waals surface area contributed by atoms with Gasteiger partial charge in [0.05, 0.1) is 10.6 Å². The fourth-order valence-electron chi connectivity index (χ4n) is 3.46. The van der Waals surface area contributed by atoms with Gasteiger partial charge in [0.25, 0.3) is 11.2 Å². The monoisotopic (exact) mass is 381 g/mol. The number of pyridine rings is 1. The van der Waals surface area contributed by atoms with Crippen LogP contribution in [0.2, 0.25) is 0 Å². The number of aromatic hydroxyl groups is 1. The predicted octanol–water partition coefficient (Wildman–Crippen LogP) is 4.56. The second-order valence-electron chi connectivity index (χ2n) is 6.72. The van der Waals surface area contributed by atoms with E-state index in [1.807, 2.05) is 6.07 Å². The standard InChI is InChI=1S/C19H19N5O4/c1-12-16(11-20)18(25)23(14-5-3-2-4-6-14)19(26)17(12)22-21-13-7-9-15(10-8-13)24(27)28/h7-10,14,25H,2-6H2,1H3. The number of azo groups is 1. The fraction of sp³-hybridized carbons (Fsp3) is 0.368. The maximum absolute atomic E-state index is 13.0. The average molecular weight is 381 g/mol. The second kappa shape index (κ2) is 8.00. The highest BCUT2D eigenvalue weighted by Crippen LogP contribution is 2.34. The Morgan fingerprint density at radius 2 is 1.86 bits per heavy atom. The Morgan fingerprint density at radius 3 is 2.43 bits per heavy atom. The summed E-state index contributed by atoms with van der Waals surface area (Å²) >= 11 is 0. The highest BCUT2D eigenvalue weighted by Gasteiger charge is 2.25. The molecule has 9 nitrogen and oxygen atoms in total. The molecule has 9 heteroatoms. The van der Waals surface area contributed by atoms with E-state index in [-0.39, 0.29) is 34.4 Å². The molecule has 144 valence electrons. The molecule has 1 aromatic heterocycles. The molecular formula is C19H19N5O4. The molecule has 0 bridgehead atoms. The lowest BCUT2D eigenvalue weighted by Crippen LogP contribution is -2.27. The lowest BCUT2D eigenvalue weighted by molar-refractivity contribution is -0.384. The first kappa shape index (κ1) is 19.2. The van der Waals surface area contributed by atoms with Gasteiger partial charge in [-0.3, -0.25) is 19.5 Å². The highest BCUT2D eigenvalue weighted by molar-refractivity contribution is 5.57. The van der Waals surface area contributed by atoms with Crippen LogP contribution in [0.4, 0.5) is 17.1 Å². The van der Waals surface area contributed by atoms with Crippen LogP contribution in [0.1, 0.15) is 49.3 Å². The Kier molecular flexibility index (Phi) is 5.49. The van der Waals surface area contributed by atoms with Crippen molar-refractivity contribution >= 4 is 17.1 Å². The van der Waals surface area contributed by atoms with Crippen LogP contribution in [0.25, 0.3) is 0 Å². The normalized spacial score (nSPS) is 14.9. The summed E-state index contributed by atoms with van der Waals surface area (Å²) in [5, 5.41) is 38.7. The van der Waals surface area contributed by atoms with E-state index in [1.165, 1.54) is 35.8 Å².